The number of hydrogen-bond donors (Lipinski definition) is 1. The highest BCUT2D eigenvalue weighted by molar-refractivity contribution is 5.97. The first kappa shape index (κ1) is 14.6. The molecule has 5 nitrogen and oxygen atoms in total. The van der Waals surface area contributed by atoms with Gasteiger partial charge in [-0.05, 0) is 19.4 Å². The van der Waals surface area contributed by atoms with Crippen LogP contribution in [0.15, 0.2) is 24.8 Å². The fraction of sp³-hybridized carbons (Fsp3) is 0.538. The second kappa shape index (κ2) is 6.47. The molecule has 0 radical (unpaired) electrons. The van der Waals surface area contributed by atoms with E-state index in [0.717, 1.165) is 0 Å². The largest absolute Gasteiger partial charge is 0.391 e. The first-order chi connectivity index (χ1) is 8.56. The third kappa shape index (κ3) is 2.86. The van der Waals surface area contributed by atoms with Gasteiger partial charge in [-0.15, -0.1) is 6.58 Å². The fourth-order valence-electron chi connectivity index (χ4n) is 2.09. The number of aliphatic hydroxyl groups is 1. The van der Waals surface area contributed by atoms with Crippen LogP contribution in [0.1, 0.15) is 13.3 Å². The Hall–Kier alpha value is -1.46. The summed E-state index contributed by atoms with van der Waals surface area (Å²) in [5.41, 5.74) is 0. The van der Waals surface area contributed by atoms with Crippen LogP contribution in [0.4, 0.5) is 0 Å². The molecule has 5 heteroatoms. The number of carbonyl (C=O) groups excluding carboxylic acids is 2. The van der Waals surface area contributed by atoms with Crippen LogP contribution in [-0.2, 0) is 14.3 Å². The molecular weight excluding hydrogens is 234 g/mol. The van der Waals surface area contributed by atoms with E-state index < -0.39 is 18.2 Å². The molecule has 18 heavy (non-hydrogen) atoms. The lowest BCUT2D eigenvalue weighted by atomic mass is 9.90. The molecule has 1 amide bonds. The molecule has 1 heterocycles. The van der Waals surface area contributed by atoms with E-state index in [1.807, 2.05) is 0 Å². The monoisotopic (exact) mass is 253 g/mol. The average molecular weight is 253 g/mol. The number of allylic oxidation sites excluding steroid dienone is 1. The maximum absolute atomic E-state index is 11.7. The summed E-state index contributed by atoms with van der Waals surface area (Å²) >= 11 is 0. The Morgan fingerprint density at radius 1 is 1.67 bits per heavy atom. The normalized spacial score (nSPS) is 25.1. The summed E-state index contributed by atoms with van der Waals surface area (Å²) in [5, 5.41) is 9.93. The average Bonchev–Trinajstić information content (AvgIpc) is 2.33. The van der Waals surface area contributed by atoms with Gasteiger partial charge in [0, 0.05) is 7.11 Å². The summed E-state index contributed by atoms with van der Waals surface area (Å²) < 4.78 is 5.04. The van der Waals surface area contributed by atoms with Gasteiger partial charge in [0.25, 0.3) is 5.91 Å². The maximum atomic E-state index is 11.7. The van der Waals surface area contributed by atoms with E-state index in [1.165, 1.54) is 18.1 Å². The minimum absolute atomic E-state index is 0.0259. The molecule has 0 aromatic heterocycles. The standard InChI is InChI=1S/C13H19NO4/c1-4-6-9(15)8-14-11(10(16)7-5-2)12(18-3)13(14)17/h4-6,10-12,16H,2,7-8H2,1,3H3/b6-4+/t10-,11+,12-/m1/s1. The summed E-state index contributed by atoms with van der Waals surface area (Å²) in [7, 11) is 1.42. The van der Waals surface area contributed by atoms with Crippen molar-refractivity contribution in [3.63, 3.8) is 0 Å². The Morgan fingerprint density at radius 3 is 2.83 bits per heavy atom. The predicted molar refractivity (Wildman–Crippen MR) is 66.9 cm³/mol. The van der Waals surface area contributed by atoms with Crippen molar-refractivity contribution in [1.29, 1.82) is 0 Å². The maximum Gasteiger partial charge on any atom is 0.254 e. The van der Waals surface area contributed by atoms with E-state index in [4.69, 9.17) is 4.74 Å². The quantitative estimate of drug-likeness (QED) is 0.402. The molecule has 1 aliphatic rings. The number of rotatable bonds is 7. The van der Waals surface area contributed by atoms with Gasteiger partial charge in [-0.2, -0.15) is 0 Å². The molecule has 0 aromatic rings. The van der Waals surface area contributed by atoms with Gasteiger partial charge < -0.3 is 14.7 Å². The molecular formula is C13H19NO4. The van der Waals surface area contributed by atoms with E-state index in [-0.39, 0.29) is 18.2 Å². The lowest BCUT2D eigenvalue weighted by molar-refractivity contribution is -0.181. The van der Waals surface area contributed by atoms with Crippen LogP contribution >= 0.6 is 0 Å². The van der Waals surface area contributed by atoms with Crippen molar-refractivity contribution in [2.45, 2.75) is 31.6 Å². The first-order valence-electron chi connectivity index (χ1n) is 5.84. The molecule has 0 spiro atoms. The summed E-state index contributed by atoms with van der Waals surface area (Å²) in [6, 6.07) is -0.477. The van der Waals surface area contributed by atoms with Gasteiger partial charge in [0.15, 0.2) is 11.9 Å². The number of amides is 1. The zero-order valence-corrected chi connectivity index (χ0v) is 10.7. The number of hydrogen-bond acceptors (Lipinski definition) is 4. The van der Waals surface area contributed by atoms with Crippen molar-refractivity contribution in [2.75, 3.05) is 13.7 Å². The smallest absolute Gasteiger partial charge is 0.254 e. The van der Waals surface area contributed by atoms with Gasteiger partial charge in [-0.1, -0.05) is 12.2 Å². The molecule has 1 rings (SSSR count). The molecule has 0 aromatic carbocycles. The van der Waals surface area contributed by atoms with Crippen LogP contribution in [0.2, 0.25) is 0 Å². The number of likely N-dealkylation sites (tertiary alicyclic amines) is 1. The lowest BCUT2D eigenvalue weighted by Gasteiger charge is -2.47. The van der Waals surface area contributed by atoms with E-state index >= 15 is 0 Å². The molecule has 100 valence electrons. The number of ketones is 1. The Labute approximate surface area is 107 Å². The predicted octanol–water partition coefficient (Wildman–Crippen LogP) is 0.294. The lowest BCUT2D eigenvalue weighted by Crippen LogP contribution is -2.70. The zero-order valence-electron chi connectivity index (χ0n) is 10.7. The molecule has 0 aliphatic carbocycles. The van der Waals surface area contributed by atoms with Crippen molar-refractivity contribution in [3.8, 4) is 0 Å². The Bertz CT molecular complexity index is 364. The van der Waals surface area contributed by atoms with E-state index in [0.29, 0.717) is 6.42 Å². The third-order valence-corrected chi connectivity index (χ3v) is 2.93. The minimum atomic E-state index is -0.761. The van der Waals surface area contributed by atoms with Crippen LogP contribution in [0.5, 0.6) is 0 Å². The van der Waals surface area contributed by atoms with Crippen LogP contribution in [0.3, 0.4) is 0 Å². The van der Waals surface area contributed by atoms with Crippen LogP contribution in [-0.4, -0.2) is 53.6 Å². The number of ether oxygens (including phenoxy) is 1. The molecule has 3 atom stereocenters. The van der Waals surface area contributed by atoms with Crippen LogP contribution < -0.4 is 0 Å². The van der Waals surface area contributed by atoms with E-state index in [9.17, 15) is 14.7 Å². The van der Waals surface area contributed by atoms with Crippen molar-refractivity contribution in [1.82, 2.24) is 4.90 Å². The highest BCUT2D eigenvalue weighted by Crippen LogP contribution is 2.26. The molecule has 0 bridgehead atoms. The molecule has 0 unspecified atom stereocenters. The first-order valence-corrected chi connectivity index (χ1v) is 5.84. The Morgan fingerprint density at radius 2 is 2.33 bits per heavy atom. The van der Waals surface area contributed by atoms with Gasteiger partial charge >= 0.3 is 0 Å². The number of β-lactam (4-membered cyclic amide) rings is 1. The highest BCUT2D eigenvalue weighted by Gasteiger charge is 2.51. The summed E-state index contributed by atoms with van der Waals surface area (Å²) in [6.45, 7) is 5.25. The summed E-state index contributed by atoms with van der Waals surface area (Å²) in [4.78, 5) is 24.6. The van der Waals surface area contributed by atoms with Gasteiger partial charge in [0.2, 0.25) is 0 Å². The molecule has 0 saturated carbocycles. The number of aliphatic hydroxyl groups excluding tert-OH is 1. The van der Waals surface area contributed by atoms with Gasteiger partial charge in [0.05, 0.1) is 18.7 Å². The van der Waals surface area contributed by atoms with Crippen LogP contribution in [0, 0.1) is 0 Å². The molecule has 1 fully saturated rings. The van der Waals surface area contributed by atoms with E-state index in [1.54, 1.807) is 19.1 Å². The number of methoxy groups -OCH3 is 1. The number of nitrogens with zero attached hydrogens (tertiary/aromatic N) is 1. The third-order valence-electron chi connectivity index (χ3n) is 2.93. The topological polar surface area (TPSA) is 66.8 Å². The molecule has 1 saturated heterocycles. The zero-order chi connectivity index (χ0) is 13.7. The Balaban J connectivity index is 2.73. The number of carbonyl (C=O) groups is 2. The second-order valence-electron chi connectivity index (χ2n) is 4.17. The SMILES string of the molecule is C=CC[C@@H](O)[C@H]1[C@@H](OC)C(=O)N1CC(=O)/C=C/C. The summed E-state index contributed by atoms with van der Waals surface area (Å²) in [5.74, 6) is -0.431. The minimum Gasteiger partial charge on any atom is -0.391 e. The van der Waals surface area contributed by atoms with Gasteiger partial charge in [-0.25, -0.2) is 0 Å². The van der Waals surface area contributed by atoms with E-state index in [2.05, 4.69) is 6.58 Å². The van der Waals surface area contributed by atoms with Crippen molar-refractivity contribution in [3.05, 3.63) is 24.8 Å². The highest BCUT2D eigenvalue weighted by atomic mass is 16.5. The van der Waals surface area contributed by atoms with Crippen LogP contribution in [0.25, 0.3) is 0 Å². The van der Waals surface area contributed by atoms with Gasteiger partial charge in [0.1, 0.15) is 0 Å². The molecule has 1 N–H and O–H groups in total. The summed E-state index contributed by atoms with van der Waals surface area (Å²) in [6.07, 6.45) is 3.53. The van der Waals surface area contributed by atoms with Gasteiger partial charge in [-0.3, -0.25) is 9.59 Å². The molecule has 1 aliphatic heterocycles. The van der Waals surface area contributed by atoms with Crippen molar-refractivity contribution in [2.24, 2.45) is 0 Å². The second-order valence-corrected chi connectivity index (χ2v) is 4.17. The van der Waals surface area contributed by atoms with Crippen molar-refractivity contribution >= 4 is 11.7 Å². The fourth-order valence-corrected chi connectivity index (χ4v) is 2.09. The van der Waals surface area contributed by atoms with Crippen molar-refractivity contribution < 1.29 is 19.4 Å². The Kier molecular flexibility index (Phi) is 5.25.